The standard InChI is InChI=1S/C14H23N3O2/c1-11(2)9-13-5-3-4-7-17(13)14(18)15-10-12-6-8-19-16-12/h6,8,11,13H,3-5,7,9-10H2,1-2H3,(H,15,18)/t13-/m1/s1. The Morgan fingerprint density at radius 3 is 3.11 bits per heavy atom. The molecule has 0 saturated carbocycles. The van der Waals surface area contributed by atoms with Crippen molar-refractivity contribution in [3.05, 3.63) is 18.0 Å². The summed E-state index contributed by atoms with van der Waals surface area (Å²) in [6, 6.07) is 2.17. The summed E-state index contributed by atoms with van der Waals surface area (Å²) in [6.45, 7) is 5.71. The molecule has 0 spiro atoms. The quantitative estimate of drug-likeness (QED) is 0.910. The summed E-state index contributed by atoms with van der Waals surface area (Å²) in [4.78, 5) is 14.2. The highest BCUT2D eigenvalue weighted by Gasteiger charge is 2.26. The third-order valence-corrected chi connectivity index (χ3v) is 3.54. The van der Waals surface area contributed by atoms with E-state index in [-0.39, 0.29) is 6.03 Å². The number of hydrogen-bond acceptors (Lipinski definition) is 3. The number of piperidine rings is 1. The molecule has 2 heterocycles. The molecule has 5 heteroatoms. The summed E-state index contributed by atoms with van der Waals surface area (Å²) in [6.07, 6.45) is 6.05. The van der Waals surface area contributed by atoms with Crippen LogP contribution in [0.2, 0.25) is 0 Å². The molecule has 1 N–H and O–H groups in total. The second kappa shape index (κ2) is 6.59. The van der Waals surface area contributed by atoms with E-state index in [2.05, 4.69) is 24.3 Å². The van der Waals surface area contributed by atoms with Gasteiger partial charge in [0, 0.05) is 18.7 Å². The molecule has 1 saturated heterocycles. The first-order valence-corrected chi connectivity index (χ1v) is 7.10. The highest BCUT2D eigenvalue weighted by Crippen LogP contribution is 2.22. The first-order chi connectivity index (χ1) is 9.16. The van der Waals surface area contributed by atoms with Crippen LogP contribution in [-0.4, -0.2) is 28.7 Å². The average molecular weight is 265 g/mol. The molecule has 0 unspecified atom stereocenters. The molecule has 1 aliphatic heterocycles. The summed E-state index contributed by atoms with van der Waals surface area (Å²) in [5.41, 5.74) is 0.755. The van der Waals surface area contributed by atoms with Gasteiger partial charge in [-0.3, -0.25) is 0 Å². The molecule has 1 fully saturated rings. The van der Waals surface area contributed by atoms with Crippen LogP contribution in [0, 0.1) is 5.92 Å². The van der Waals surface area contributed by atoms with Gasteiger partial charge < -0.3 is 14.7 Å². The van der Waals surface area contributed by atoms with Gasteiger partial charge in [-0.25, -0.2) is 4.79 Å². The summed E-state index contributed by atoms with van der Waals surface area (Å²) in [7, 11) is 0. The number of hydrogen-bond donors (Lipinski definition) is 1. The van der Waals surface area contributed by atoms with E-state index in [1.807, 2.05) is 4.90 Å². The lowest BCUT2D eigenvalue weighted by Gasteiger charge is -2.36. The largest absolute Gasteiger partial charge is 0.364 e. The summed E-state index contributed by atoms with van der Waals surface area (Å²) >= 11 is 0. The lowest BCUT2D eigenvalue weighted by Crippen LogP contribution is -2.48. The number of nitrogens with zero attached hydrogens (tertiary/aromatic N) is 2. The molecule has 1 aliphatic rings. The normalized spacial score (nSPS) is 19.7. The molecule has 5 nitrogen and oxygen atoms in total. The maximum absolute atomic E-state index is 12.2. The Labute approximate surface area is 114 Å². The van der Waals surface area contributed by atoms with Gasteiger partial charge in [-0.05, 0) is 31.6 Å². The van der Waals surface area contributed by atoms with Crippen LogP contribution >= 0.6 is 0 Å². The minimum Gasteiger partial charge on any atom is -0.364 e. The maximum atomic E-state index is 12.2. The van der Waals surface area contributed by atoms with E-state index >= 15 is 0 Å². The Morgan fingerprint density at radius 1 is 1.58 bits per heavy atom. The van der Waals surface area contributed by atoms with Gasteiger partial charge in [0.05, 0.1) is 6.54 Å². The van der Waals surface area contributed by atoms with E-state index in [0.29, 0.717) is 18.5 Å². The number of carbonyl (C=O) groups is 1. The molecule has 0 radical (unpaired) electrons. The van der Waals surface area contributed by atoms with Gasteiger partial charge in [-0.15, -0.1) is 0 Å². The molecule has 1 atom stereocenters. The van der Waals surface area contributed by atoms with Crippen LogP contribution in [0.3, 0.4) is 0 Å². The predicted octanol–water partition coefficient (Wildman–Crippen LogP) is 2.78. The Kier molecular flexibility index (Phi) is 4.82. The van der Waals surface area contributed by atoms with Crippen molar-refractivity contribution in [2.45, 2.75) is 52.1 Å². The van der Waals surface area contributed by atoms with E-state index in [4.69, 9.17) is 4.52 Å². The van der Waals surface area contributed by atoms with Crippen molar-refractivity contribution < 1.29 is 9.32 Å². The topological polar surface area (TPSA) is 58.4 Å². The smallest absolute Gasteiger partial charge is 0.317 e. The monoisotopic (exact) mass is 265 g/mol. The Hall–Kier alpha value is -1.52. The molecule has 0 bridgehead atoms. The van der Waals surface area contributed by atoms with Crippen LogP contribution in [0.25, 0.3) is 0 Å². The van der Waals surface area contributed by atoms with Crippen molar-refractivity contribution in [1.82, 2.24) is 15.4 Å². The number of carbonyl (C=O) groups excluding carboxylic acids is 1. The van der Waals surface area contributed by atoms with Crippen molar-refractivity contribution in [3.8, 4) is 0 Å². The first-order valence-electron chi connectivity index (χ1n) is 7.10. The van der Waals surface area contributed by atoms with E-state index < -0.39 is 0 Å². The van der Waals surface area contributed by atoms with E-state index in [9.17, 15) is 4.79 Å². The zero-order valence-electron chi connectivity index (χ0n) is 11.8. The molecular weight excluding hydrogens is 242 g/mol. The van der Waals surface area contributed by atoms with Crippen molar-refractivity contribution in [1.29, 1.82) is 0 Å². The van der Waals surface area contributed by atoms with Gasteiger partial charge in [0.2, 0.25) is 0 Å². The summed E-state index contributed by atoms with van der Waals surface area (Å²) < 4.78 is 4.75. The van der Waals surface area contributed by atoms with E-state index in [1.54, 1.807) is 6.07 Å². The highest BCUT2D eigenvalue weighted by atomic mass is 16.5. The van der Waals surface area contributed by atoms with Gasteiger partial charge in [0.15, 0.2) is 0 Å². The predicted molar refractivity (Wildman–Crippen MR) is 72.5 cm³/mol. The Morgan fingerprint density at radius 2 is 2.42 bits per heavy atom. The molecule has 0 aliphatic carbocycles. The van der Waals surface area contributed by atoms with Crippen LogP contribution in [-0.2, 0) is 6.54 Å². The van der Waals surface area contributed by atoms with Gasteiger partial charge in [0.25, 0.3) is 0 Å². The molecule has 19 heavy (non-hydrogen) atoms. The van der Waals surface area contributed by atoms with E-state index in [0.717, 1.165) is 31.5 Å². The number of rotatable bonds is 4. The third-order valence-electron chi connectivity index (χ3n) is 3.54. The number of nitrogens with one attached hydrogen (secondary N) is 1. The van der Waals surface area contributed by atoms with Crippen molar-refractivity contribution in [2.75, 3.05) is 6.54 Å². The fourth-order valence-corrected chi connectivity index (χ4v) is 2.65. The van der Waals surface area contributed by atoms with Gasteiger partial charge >= 0.3 is 6.03 Å². The van der Waals surface area contributed by atoms with Crippen LogP contribution in [0.1, 0.15) is 45.2 Å². The first kappa shape index (κ1) is 13.9. The molecule has 0 aromatic carbocycles. The van der Waals surface area contributed by atoms with Gasteiger partial charge in [-0.1, -0.05) is 19.0 Å². The molecule has 2 rings (SSSR count). The van der Waals surface area contributed by atoms with Gasteiger partial charge in [-0.2, -0.15) is 0 Å². The fraction of sp³-hybridized carbons (Fsp3) is 0.714. The minimum absolute atomic E-state index is 0.0216. The van der Waals surface area contributed by atoms with E-state index in [1.165, 1.54) is 12.7 Å². The zero-order valence-corrected chi connectivity index (χ0v) is 11.8. The number of amides is 2. The minimum atomic E-state index is 0.0216. The van der Waals surface area contributed by atoms with Crippen LogP contribution in [0.5, 0.6) is 0 Å². The van der Waals surface area contributed by atoms with Crippen molar-refractivity contribution in [3.63, 3.8) is 0 Å². The number of aromatic nitrogens is 1. The Balaban J connectivity index is 1.87. The fourth-order valence-electron chi connectivity index (χ4n) is 2.65. The highest BCUT2D eigenvalue weighted by molar-refractivity contribution is 5.74. The summed E-state index contributed by atoms with van der Waals surface area (Å²) in [5, 5.41) is 6.71. The molecule has 2 amide bonds. The maximum Gasteiger partial charge on any atom is 0.317 e. The van der Waals surface area contributed by atoms with Crippen LogP contribution in [0.4, 0.5) is 4.79 Å². The van der Waals surface area contributed by atoms with Crippen LogP contribution in [0.15, 0.2) is 16.9 Å². The number of urea groups is 1. The summed E-state index contributed by atoms with van der Waals surface area (Å²) in [5.74, 6) is 0.619. The number of likely N-dealkylation sites (tertiary alicyclic amines) is 1. The average Bonchev–Trinajstić information content (AvgIpc) is 2.89. The lowest BCUT2D eigenvalue weighted by molar-refractivity contribution is 0.139. The molecular formula is C14H23N3O2. The van der Waals surface area contributed by atoms with Crippen molar-refractivity contribution in [2.24, 2.45) is 5.92 Å². The van der Waals surface area contributed by atoms with Crippen LogP contribution < -0.4 is 5.32 Å². The molecule has 1 aromatic rings. The second-order valence-electron chi connectivity index (χ2n) is 5.62. The van der Waals surface area contributed by atoms with Gasteiger partial charge in [0.1, 0.15) is 12.0 Å². The zero-order chi connectivity index (χ0) is 13.7. The second-order valence-corrected chi connectivity index (χ2v) is 5.62. The third kappa shape index (κ3) is 3.98. The lowest BCUT2D eigenvalue weighted by atomic mass is 9.94. The van der Waals surface area contributed by atoms with Crippen molar-refractivity contribution >= 4 is 6.03 Å². The molecule has 1 aromatic heterocycles. The SMILES string of the molecule is CC(C)C[C@H]1CCCCN1C(=O)NCc1ccon1. The Bertz CT molecular complexity index is 389. The molecule has 106 valence electrons.